The Bertz CT molecular complexity index is 884. The van der Waals surface area contributed by atoms with Gasteiger partial charge in [0, 0.05) is 6.07 Å². The Morgan fingerprint density at radius 2 is 1.44 bits per heavy atom. The van der Waals surface area contributed by atoms with Gasteiger partial charge in [0.1, 0.15) is 80.2 Å². The summed E-state index contributed by atoms with van der Waals surface area (Å²) < 4.78 is 24.6. The summed E-state index contributed by atoms with van der Waals surface area (Å²) in [7, 11) is 16.4. The van der Waals surface area contributed by atoms with Crippen molar-refractivity contribution in [2.24, 2.45) is 0 Å². The lowest BCUT2D eigenvalue weighted by atomic mass is 9.41. The number of hydrogen-bond donors (Lipinski definition) is 0. The van der Waals surface area contributed by atoms with E-state index in [1.807, 2.05) is 75.3 Å². The van der Waals surface area contributed by atoms with Gasteiger partial charge in [0.25, 0.3) is 0 Å². The molecule has 1 aromatic carbocycles. The first-order chi connectivity index (χ1) is 14.3. The van der Waals surface area contributed by atoms with E-state index in [2.05, 4.69) is 31.4 Å². The van der Waals surface area contributed by atoms with Gasteiger partial charge in [-0.1, -0.05) is 0 Å². The first-order valence-electron chi connectivity index (χ1n) is 11.6. The monoisotopic (exact) mass is 431 g/mol. The maximum Gasteiger partial charge on any atom is 0.408 e. The molecule has 6 nitrogen and oxygen atoms in total. The van der Waals surface area contributed by atoms with Gasteiger partial charge in [-0.2, -0.15) is 0 Å². The summed E-state index contributed by atoms with van der Waals surface area (Å²) in [4.78, 5) is 14.9. The summed E-state index contributed by atoms with van der Waals surface area (Å²) in [5, 5.41) is -1.75. The first-order valence-corrected chi connectivity index (χ1v) is 11.6. The van der Waals surface area contributed by atoms with Gasteiger partial charge in [0.2, 0.25) is 0 Å². The maximum atomic E-state index is 13.0. The second kappa shape index (κ2) is 7.73. The minimum atomic E-state index is -0.538. The van der Waals surface area contributed by atoms with Crippen molar-refractivity contribution in [2.45, 2.75) is 66.8 Å². The Hall–Kier alpha value is -1.59. The van der Waals surface area contributed by atoms with E-state index in [9.17, 15) is 4.79 Å². The highest BCUT2D eigenvalue weighted by molar-refractivity contribution is 6.53. The summed E-state index contributed by atoms with van der Waals surface area (Å²) in [5.74, 6) is 2.16. The zero-order valence-electron chi connectivity index (χ0n) is 21.7. The van der Waals surface area contributed by atoms with Gasteiger partial charge in [0.15, 0.2) is 11.5 Å². The van der Waals surface area contributed by atoms with Crippen LogP contribution in [0, 0.1) is 0 Å². The number of fused-ring (bicyclic) bond motifs is 1. The predicted octanol–water partition coefficient (Wildman–Crippen LogP) is -5.08. The zero-order valence-corrected chi connectivity index (χ0v) is 21.7. The largest absolute Gasteiger partial charge is 0.499 e. The van der Waals surface area contributed by atoms with Crippen LogP contribution in [-0.2, 0) is 4.74 Å². The fraction of sp³-hybridized carbons (Fsp3) is 0.611. The number of nitrogens with zero attached hydrogens (tertiary/aromatic N) is 1. The lowest BCUT2D eigenvalue weighted by Crippen LogP contribution is -2.71. The quantitative estimate of drug-likeness (QED) is 0.440. The Kier molecular flexibility index (Phi) is 6.05. The van der Waals surface area contributed by atoms with E-state index in [0.29, 0.717) is 18.6 Å². The van der Waals surface area contributed by atoms with Crippen LogP contribution in [0.4, 0.5) is 4.79 Å². The van der Waals surface area contributed by atoms with Crippen LogP contribution in [0.5, 0.6) is 17.2 Å². The van der Waals surface area contributed by atoms with Crippen LogP contribution in [0.25, 0.3) is 0 Å². The molecule has 1 fully saturated rings. The van der Waals surface area contributed by atoms with Crippen LogP contribution < -0.4 is 14.2 Å². The van der Waals surface area contributed by atoms with E-state index in [-0.39, 0.29) is 12.2 Å². The molecule has 0 bridgehead atoms. The van der Waals surface area contributed by atoms with Gasteiger partial charge >= 0.3 is 6.09 Å². The van der Waals surface area contributed by atoms with Crippen LogP contribution in [0.15, 0.2) is 18.2 Å². The van der Waals surface area contributed by atoms with Crippen LogP contribution in [0.1, 0.15) is 33.6 Å². The van der Waals surface area contributed by atoms with Gasteiger partial charge in [-0.15, -0.1) is 0 Å². The number of hydrogen-bond acceptors (Lipinski definition) is 5. The third kappa shape index (κ3) is 4.99. The van der Waals surface area contributed by atoms with Gasteiger partial charge < -0.3 is 23.8 Å². The van der Waals surface area contributed by atoms with Gasteiger partial charge in [-0.3, -0.25) is 0 Å². The molecule has 1 amide bonds. The Morgan fingerprint density at radius 3 is 1.94 bits per heavy atom. The summed E-state index contributed by atoms with van der Waals surface area (Å²) in [5.41, 5.74) is -0.538. The summed E-state index contributed by atoms with van der Waals surface area (Å²) >= 11 is 0. The van der Waals surface area contributed by atoms with E-state index in [4.69, 9.17) is 18.9 Å². The molecule has 164 valence electrons. The number of likely N-dealkylation sites (tertiary alicyclic amines) is 1. The second-order valence-corrected chi connectivity index (χ2v) is 12.4. The average Bonchev–Trinajstić information content (AvgIpc) is 2.51. The molecule has 0 spiro atoms. The van der Waals surface area contributed by atoms with Crippen molar-refractivity contribution in [1.29, 1.82) is 0 Å². The van der Waals surface area contributed by atoms with Crippen molar-refractivity contribution in [3.63, 3.8) is 0 Å². The molecular formula is C18H33B8NO5. The molecule has 2 aliphatic rings. The van der Waals surface area contributed by atoms with Crippen molar-refractivity contribution in [3.05, 3.63) is 18.2 Å². The summed E-state index contributed by atoms with van der Waals surface area (Å²) in [6.45, 7) is 5.68. The van der Waals surface area contributed by atoms with Crippen molar-refractivity contribution in [2.75, 3.05) is 0 Å². The zero-order chi connectivity index (χ0) is 24.3. The Labute approximate surface area is 199 Å². The third-order valence-corrected chi connectivity index (χ3v) is 6.64. The number of ether oxygens (including phenoxy) is 4. The molecule has 0 radical (unpaired) electrons. The summed E-state index contributed by atoms with van der Waals surface area (Å²) in [6, 6.07) is 5.75. The molecular weight excluding hydrogens is 397 g/mol. The van der Waals surface area contributed by atoms with Crippen LogP contribution >= 0.6 is 0 Å². The summed E-state index contributed by atoms with van der Waals surface area (Å²) in [6.07, 6.45) is 1.06. The topological polar surface area (TPSA) is 57.2 Å². The number of rotatable bonds is 2. The molecule has 0 aliphatic carbocycles. The minimum Gasteiger partial charge on any atom is -0.499 e. The molecule has 2 heterocycles. The molecule has 3 rings (SSSR count). The van der Waals surface area contributed by atoms with Gasteiger partial charge in [0.05, 0.1) is 10.8 Å². The Morgan fingerprint density at radius 1 is 0.938 bits per heavy atom. The van der Waals surface area contributed by atoms with Crippen molar-refractivity contribution in [3.8, 4) is 17.2 Å². The molecule has 1 aromatic rings. The standard InChI is InChI=1S/C18H33B8NO5/c1-14(2,3)32-13(28)27-15(19,20)7-10(8-16(27,21)22)29-9-4-5-11-12(6-9)31-18(25,26)17(23,24)30-11/h4-6,10H,7-8,19-26H2,1-3H3. The van der Waals surface area contributed by atoms with E-state index in [1.165, 1.54) is 0 Å². The highest BCUT2D eigenvalue weighted by Crippen LogP contribution is 2.42. The SMILES string of the molecule is BC1(B)CC(Oc2ccc3c(c2)OC(B)(B)C(B)(B)O3)CC(B)(B)N1C(=O)OC(C)(C)C. The highest BCUT2D eigenvalue weighted by atomic mass is 16.6. The third-order valence-electron chi connectivity index (χ3n) is 6.64. The molecule has 0 saturated carbocycles. The van der Waals surface area contributed by atoms with Gasteiger partial charge in [-0.05, 0) is 56.4 Å². The minimum absolute atomic E-state index is 0.0503. The number of amides is 1. The molecule has 14 heteroatoms. The van der Waals surface area contributed by atoms with E-state index in [1.54, 1.807) is 0 Å². The van der Waals surface area contributed by atoms with Gasteiger partial charge in [-0.25, -0.2) is 4.79 Å². The number of carbonyl (C=O) groups is 1. The Balaban J connectivity index is 1.79. The molecule has 32 heavy (non-hydrogen) atoms. The van der Waals surface area contributed by atoms with Crippen molar-refractivity contribution < 1.29 is 23.7 Å². The average molecular weight is 430 g/mol. The smallest absolute Gasteiger partial charge is 0.408 e. The number of carbonyl (C=O) groups excluding carboxylic acids is 1. The lowest BCUT2D eigenvalue weighted by molar-refractivity contribution is -0.0129. The molecule has 0 unspecified atom stereocenters. The van der Waals surface area contributed by atoms with Crippen molar-refractivity contribution >= 4 is 68.9 Å². The molecule has 0 aromatic heterocycles. The van der Waals surface area contributed by atoms with Crippen LogP contribution in [0.2, 0.25) is 0 Å². The fourth-order valence-corrected chi connectivity index (χ4v) is 4.79. The van der Waals surface area contributed by atoms with E-state index >= 15 is 0 Å². The molecule has 0 N–H and O–H groups in total. The lowest BCUT2D eigenvalue weighted by Gasteiger charge is -2.55. The number of piperidine rings is 1. The fourth-order valence-electron chi connectivity index (χ4n) is 4.79. The predicted molar refractivity (Wildman–Crippen MR) is 149 cm³/mol. The number of benzene rings is 1. The van der Waals surface area contributed by atoms with Crippen LogP contribution in [-0.4, -0.2) is 107 Å². The first kappa shape index (κ1) is 25.0. The highest BCUT2D eigenvalue weighted by Gasteiger charge is 2.49. The second-order valence-electron chi connectivity index (χ2n) is 12.4. The maximum absolute atomic E-state index is 13.0. The van der Waals surface area contributed by atoms with Crippen molar-refractivity contribution in [1.82, 2.24) is 4.90 Å². The van der Waals surface area contributed by atoms with E-state index < -0.39 is 27.1 Å². The van der Waals surface area contributed by atoms with Crippen LogP contribution in [0.3, 0.4) is 0 Å². The molecule has 2 aliphatic heterocycles. The molecule has 1 saturated heterocycles. The molecule has 0 atom stereocenters. The normalized spacial score (nSPS) is 23.2. The van der Waals surface area contributed by atoms with E-state index in [0.717, 1.165) is 11.5 Å².